The molecule has 0 fully saturated rings. The molecule has 0 aliphatic heterocycles. The molecule has 1 heterocycles. The van der Waals surface area contributed by atoms with E-state index in [1.165, 1.54) is 35.8 Å². The number of thiophene rings is 1. The van der Waals surface area contributed by atoms with Gasteiger partial charge in [0.15, 0.2) is 0 Å². The van der Waals surface area contributed by atoms with Gasteiger partial charge in [-0.3, -0.25) is 0 Å². The predicted molar refractivity (Wildman–Crippen MR) is 90.8 cm³/mol. The maximum absolute atomic E-state index is 6.32. The Kier molecular flexibility index (Phi) is 3.59. The normalized spacial score (nSPS) is 11.6. The van der Waals surface area contributed by atoms with Crippen LogP contribution in [-0.4, -0.2) is 0 Å². The fraction of sp³-hybridized carbons (Fsp3) is 0.250. The second-order valence-electron chi connectivity index (χ2n) is 4.69. The van der Waals surface area contributed by atoms with Crippen LogP contribution < -0.4 is 0 Å². The fourth-order valence-corrected chi connectivity index (χ4v) is 4.74. The Morgan fingerprint density at radius 3 is 2.16 bits per heavy atom. The van der Waals surface area contributed by atoms with E-state index in [-0.39, 0.29) is 0 Å². The number of aryl methyl sites for hydroxylation is 2. The molecule has 0 saturated carbocycles. The first-order chi connectivity index (χ1) is 9.13. The lowest BCUT2D eigenvalue weighted by Crippen LogP contribution is -1.83. The Morgan fingerprint density at radius 2 is 1.53 bits per heavy atom. The highest BCUT2D eigenvalue weighted by Crippen LogP contribution is 2.39. The lowest BCUT2D eigenvalue weighted by atomic mass is 10.1. The molecule has 0 spiro atoms. The maximum Gasteiger partial charge on any atom is 0.0452 e. The Morgan fingerprint density at radius 1 is 0.947 bits per heavy atom. The van der Waals surface area contributed by atoms with Crippen LogP contribution in [0.25, 0.3) is 20.2 Å². The molecule has 3 rings (SSSR count). The van der Waals surface area contributed by atoms with E-state index in [4.69, 9.17) is 11.6 Å². The van der Waals surface area contributed by atoms with Crippen LogP contribution in [0.1, 0.15) is 25.0 Å². The zero-order valence-corrected chi connectivity index (χ0v) is 14.0. The van der Waals surface area contributed by atoms with Gasteiger partial charge in [0.1, 0.15) is 0 Å². The van der Waals surface area contributed by atoms with Crippen LogP contribution in [0.15, 0.2) is 28.7 Å². The monoisotopic (exact) mass is 352 g/mol. The lowest BCUT2D eigenvalue weighted by Gasteiger charge is -2.03. The SMILES string of the molecule is CCc1cc2c(cc1Cl)sc1cc(Br)c(CC)cc12. The Hall–Kier alpha value is -0.570. The highest BCUT2D eigenvalue weighted by molar-refractivity contribution is 9.10. The summed E-state index contributed by atoms with van der Waals surface area (Å²) in [5.74, 6) is 0. The summed E-state index contributed by atoms with van der Waals surface area (Å²) < 4.78 is 3.80. The Labute approximate surface area is 130 Å². The average Bonchev–Trinajstić information content (AvgIpc) is 2.72. The summed E-state index contributed by atoms with van der Waals surface area (Å²) in [4.78, 5) is 0. The van der Waals surface area contributed by atoms with E-state index in [1.807, 2.05) is 11.3 Å². The van der Waals surface area contributed by atoms with Crippen LogP contribution in [0.4, 0.5) is 0 Å². The van der Waals surface area contributed by atoms with Crippen molar-refractivity contribution < 1.29 is 0 Å². The van der Waals surface area contributed by atoms with Gasteiger partial charge >= 0.3 is 0 Å². The van der Waals surface area contributed by atoms with Crippen molar-refractivity contribution >= 4 is 59.0 Å². The summed E-state index contributed by atoms with van der Waals surface area (Å²) in [6, 6.07) is 8.91. The third-order valence-electron chi connectivity index (χ3n) is 3.57. The lowest BCUT2D eigenvalue weighted by molar-refractivity contribution is 1.13. The second kappa shape index (κ2) is 5.08. The molecule has 1 aromatic heterocycles. The van der Waals surface area contributed by atoms with Gasteiger partial charge in [0.05, 0.1) is 0 Å². The number of hydrogen-bond donors (Lipinski definition) is 0. The third-order valence-corrected chi connectivity index (χ3v) is 5.77. The number of fused-ring (bicyclic) bond motifs is 3. The summed E-state index contributed by atoms with van der Waals surface area (Å²) >= 11 is 11.8. The first-order valence-corrected chi connectivity index (χ1v) is 8.45. The molecule has 0 aliphatic rings. The Bertz CT molecular complexity index is 709. The van der Waals surface area contributed by atoms with E-state index in [0.29, 0.717) is 0 Å². The number of hydrogen-bond acceptors (Lipinski definition) is 1. The highest BCUT2D eigenvalue weighted by atomic mass is 79.9. The quantitative estimate of drug-likeness (QED) is 0.487. The van der Waals surface area contributed by atoms with Gasteiger partial charge in [-0.25, -0.2) is 0 Å². The molecule has 0 N–H and O–H groups in total. The van der Waals surface area contributed by atoms with Crippen LogP contribution in [0, 0.1) is 0 Å². The van der Waals surface area contributed by atoms with Crippen molar-refractivity contribution in [1.29, 1.82) is 0 Å². The van der Waals surface area contributed by atoms with E-state index in [2.05, 4.69) is 54.0 Å². The van der Waals surface area contributed by atoms with Crippen LogP contribution in [-0.2, 0) is 12.8 Å². The third kappa shape index (κ3) is 2.20. The topological polar surface area (TPSA) is 0 Å². The summed E-state index contributed by atoms with van der Waals surface area (Å²) in [6.07, 6.45) is 2.02. The molecule has 0 radical (unpaired) electrons. The molecular formula is C16H14BrClS. The smallest absolute Gasteiger partial charge is 0.0452 e. The van der Waals surface area contributed by atoms with Crippen molar-refractivity contribution in [2.75, 3.05) is 0 Å². The molecule has 98 valence electrons. The molecule has 0 atom stereocenters. The van der Waals surface area contributed by atoms with Crippen molar-refractivity contribution in [3.05, 3.63) is 44.9 Å². The summed E-state index contributed by atoms with van der Waals surface area (Å²) in [5, 5.41) is 3.58. The van der Waals surface area contributed by atoms with Gasteiger partial charge in [0, 0.05) is 29.7 Å². The first kappa shape index (κ1) is 13.4. The van der Waals surface area contributed by atoms with Crippen molar-refractivity contribution in [1.82, 2.24) is 0 Å². The molecule has 3 aromatic rings. The number of benzene rings is 2. The molecule has 0 bridgehead atoms. The number of halogens is 2. The van der Waals surface area contributed by atoms with Crippen LogP contribution in [0.3, 0.4) is 0 Å². The van der Waals surface area contributed by atoms with Gasteiger partial charge in [-0.15, -0.1) is 11.3 Å². The van der Waals surface area contributed by atoms with Crippen molar-refractivity contribution in [3.8, 4) is 0 Å². The van der Waals surface area contributed by atoms with Crippen molar-refractivity contribution in [2.45, 2.75) is 26.7 Å². The molecule has 0 nitrogen and oxygen atoms in total. The second-order valence-corrected chi connectivity index (χ2v) is 7.03. The van der Waals surface area contributed by atoms with Crippen molar-refractivity contribution in [3.63, 3.8) is 0 Å². The summed E-state index contributed by atoms with van der Waals surface area (Å²) in [6.45, 7) is 4.34. The van der Waals surface area contributed by atoms with Crippen molar-refractivity contribution in [2.24, 2.45) is 0 Å². The van der Waals surface area contributed by atoms with Crippen LogP contribution in [0.2, 0.25) is 5.02 Å². The van der Waals surface area contributed by atoms with E-state index in [9.17, 15) is 0 Å². The number of rotatable bonds is 2. The summed E-state index contributed by atoms with van der Waals surface area (Å²) in [5.41, 5.74) is 2.59. The highest BCUT2D eigenvalue weighted by Gasteiger charge is 2.10. The summed E-state index contributed by atoms with van der Waals surface area (Å²) in [7, 11) is 0. The Balaban J connectivity index is 2.41. The van der Waals surface area contributed by atoms with Gasteiger partial charge in [-0.1, -0.05) is 41.4 Å². The fourth-order valence-electron chi connectivity index (χ4n) is 2.45. The van der Waals surface area contributed by atoms with Crippen LogP contribution in [0.5, 0.6) is 0 Å². The molecule has 0 unspecified atom stereocenters. The van der Waals surface area contributed by atoms with E-state index in [0.717, 1.165) is 17.9 Å². The molecule has 19 heavy (non-hydrogen) atoms. The molecule has 0 aliphatic carbocycles. The minimum absolute atomic E-state index is 0.885. The van der Waals surface area contributed by atoms with Gasteiger partial charge in [-0.2, -0.15) is 0 Å². The minimum Gasteiger partial charge on any atom is -0.135 e. The zero-order chi connectivity index (χ0) is 13.6. The van der Waals surface area contributed by atoms with Crippen LogP contribution >= 0.6 is 38.9 Å². The largest absolute Gasteiger partial charge is 0.135 e. The first-order valence-electron chi connectivity index (χ1n) is 6.47. The zero-order valence-electron chi connectivity index (χ0n) is 10.9. The predicted octanol–water partition coefficient (Wildman–Crippen LogP) is 6.60. The standard InChI is InChI=1S/C16H14BrClS/c1-3-9-5-11-12-6-10(4-2)14(18)8-16(12)19-15(11)7-13(9)17/h5-8H,3-4H2,1-2H3. The van der Waals surface area contributed by atoms with Gasteiger partial charge in [0.2, 0.25) is 0 Å². The molecule has 0 amide bonds. The van der Waals surface area contributed by atoms with Gasteiger partial charge < -0.3 is 0 Å². The maximum atomic E-state index is 6.32. The molecular weight excluding hydrogens is 340 g/mol. The van der Waals surface area contributed by atoms with E-state index in [1.54, 1.807) is 0 Å². The van der Waals surface area contributed by atoms with E-state index >= 15 is 0 Å². The molecule has 3 heteroatoms. The molecule has 0 saturated heterocycles. The van der Waals surface area contributed by atoms with Gasteiger partial charge in [-0.05, 0) is 48.2 Å². The van der Waals surface area contributed by atoms with E-state index < -0.39 is 0 Å². The van der Waals surface area contributed by atoms with Gasteiger partial charge in [0.25, 0.3) is 0 Å². The minimum atomic E-state index is 0.885. The molecule has 2 aromatic carbocycles. The average molecular weight is 354 g/mol.